The van der Waals surface area contributed by atoms with E-state index in [1.54, 1.807) is 0 Å². The molecule has 17 heavy (non-hydrogen) atoms. The summed E-state index contributed by atoms with van der Waals surface area (Å²) in [6.45, 7) is 4.02. The third-order valence-electron chi connectivity index (χ3n) is 3.63. The van der Waals surface area contributed by atoms with E-state index in [0.717, 1.165) is 39.0 Å². The van der Waals surface area contributed by atoms with Crippen LogP contribution in [0.25, 0.3) is 0 Å². The van der Waals surface area contributed by atoms with Gasteiger partial charge in [-0.25, -0.2) is 0 Å². The van der Waals surface area contributed by atoms with Gasteiger partial charge in [-0.2, -0.15) is 0 Å². The molecule has 0 radical (unpaired) electrons. The number of carboxylic acid groups (broad SMARTS) is 1. The number of likely N-dealkylation sites (tertiary alicyclic amines) is 1. The van der Waals surface area contributed by atoms with Crippen LogP contribution in [0.4, 0.5) is 0 Å². The van der Waals surface area contributed by atoms with Crippen molar-refractivity contribution in [2.75, 3.05) is 26.2 Å². The van der Waals surface area contributed by atoms with Gasteiger partial charge in [0.2, 0.25) is 0 Å². The maximum Gasteiger partial charge on any atom is 0.307 e. The zero-order valence-electron chi connectivity index (χ0n) is 9.93. The van der Waals surface area contributed by atoms with Gasteiger partial charge in [-0.3, -0.25) is 9.69 Å². The van der Waals surface area contributed by atoms with E-state index < -0.39 is 5.97 Å². The van der Waals surface area contributed by atoms with Crippen LogP contribution < -0.4 is 5.32 Å². The minimum Gasteiger partial charge on any atom is -0.481 e. The average Bonchev–Trinajstić information content (AvgIpc) is 2.30. The SMILES string of the molecule is Cl.Cl.O=C(O)C1CCCN(C2CCNCC2)C1. The third-order valence-corrected chi connectivity index (χ3v) is 3.63. The first-order valence-electron chi connectivity index (χ1n) is 5.95. The van der Waals surface area contributed by atoms with Gasteiger partial charge in [0.15, 0.2) is 0 Å². The molecule has 0 aromatic carbocycles. The Morgan fingerprint density at radius 3 is 2.41 bits per heavy atom. The van der Waals surface area contributed by atoms with Crippen LogP contribution in [0, 0.1) is 5.92 Å². The molecule has 0 saturated carbocycles. The molecule has 2 aliphatic rings. The zero-order chi connectivity index (χ0) is 10.7. The number of halogens is 2. The number of hydrogen-bond acceptors (Lipinski definition) is 3. The Bertz CT molecular complexity index is 236. The van der Waals surface area contributed by atoms with Crippen LogP contribution in [-0.4, -0.2) is 48.2 Å². The first-order valence-corrected chi connectivity index (χ1v) is 5.95. The Balaban J connectivity index is 0.00000128. The Morgan fingerprint density at radius 2 is 1.82 bits per heavy atom. The molecule has 0 aromatic rings. The number of aliphatic carboxylic acids is 1. The second kappa shape index (κ2) is 8.14. The maximum atomic E-state index is 10.9. The lowest BCUT2D eigenvalue weighted by molar-refractivity contribution is -0.144. The number of rotatable bonds is 2. The Hall–Kier alpha value is -0.0300. The summed E-state index contributed by atoms with van der Waals surface area (Å²) < 4.78 is 0. The number of carbonyl (C=O) groups is 1. The van der Waals surface area contributed by atoms with Crippen molar-refractivity contribution in [1.82, 2.24) is 10.2 Å². The van der Waals surface area contributed by atoms with Crippen LogP contribution in [0.15, 0.2) is 0 Å². The molecule has 2 heterocycles. The normalized spacial score (nSPS) is 26.7. The van der Waals surface area contributed by atoms with Gasteiger partial charge in [0.05, 0.1) is 5.92 Å². The van der Waals surface area contributed by atoms with Crippen LogP contribution in [0.2, 0.25) is 0 Å². The fraction of sp³-hybridized carbons (Fsp3) is 0.909. The molecule has 0 bridgehead atoms. The van der Waals surface area contributed by atoms with E-state index >= 15 is 0 Å². The number of nitrogens with one attached hydrogen (secondary N) is 1. The molecule has 1 unspecified atom stereocenters. The zero-order valence-corrected chi connectivity index (χ0v) is 11.6. The van der Waals surface area contributed by atoms with Gasteiger partial charge in [-0.15, -0.1) is 24.8 Å². The molecule has 2 fully saturated rings. The molecular formula is C11H22Cl2N2O2. The van der Waals surface area contributed by atoms with Crippen LogP contribution in [0.1, 0.15) is 25.7 Å². The quantitative estimate of drug-likeness (QED) is 0.805. The summed E-state index contributed by atoms with van der Waals surface area (Å²) in [5.41, 5.74) is 0. The van der Waals surface area contributed by atoms with Crippen molar-refractivity contribution in [3.05, 3.63) is 0 Å². The summed E-state index contributed by atoms with van der Waals surface area (Å²) in [5, 5.41) is 12.4. The molecule has 102 valence electrons. The van der Waals surface area contributed by atoms with Crippen molar-refractivity contribution in [3.8, 4) is 0 Å². The first kappa shape index (κ1) is 17.0. The highest BCUT2D eigenvalue weighted by molar-refractivity contribution is 5.85. The highest BCUT2D eigenvalue weighted by Gasteiger charge is 2.29. The fourth-order valence-corrected chi connectivity index (χ4v) is 2.71. The van der Waals surface area contributed by atoms with Gasteiger partial charge in [-0.05, 0) is 45.3 Å². The van der Waals surface area contributed by atoms with Crippen molar-refractivity contribution in [2.24, 2.45) is 5.92 Å². The number of hydrogen-bond donors (Lipinski definition) is 2. The molecule has 2 N–H and O–H groups in total. The molecule has 0 aliphatic carbocycles. The van der Waals surface area contributed by atoms with Crippen molar-refractivity contribution in [1.29, 1.82) is 0 Å². The standard InChI is InChI=1S/C11H20N2O2.2ClH/c14-11(15)9-2-1-7-13(8-9)10-3-5-12-6-4-10;;/h9-10,12H,1-8H2,(H,14,15);2*1H. The molecule has 1 atom stereocenters. The average molecular weight is 285 g/mol. The highest BCUT2D eigenvalue weighted by atomic mass is 35.5. The second-order valence-electron chi connectivity index (χ2n) is 4.65. The lowest BCUT2D eigenvalue weighted by Gasteiger charge is -2.39. The third kappa shape index (κ3) is 4.62. The number of carboxylic acids is 1. The highest BCUT2D eigenvalue weighted by Crippen LogP contribution is 2.22. The summed E-state index contributed by atoms with van der Waals surface area (Å²) in [6.07, 6.45) is 4.25. The van der Waals surface area contributed by atoms with Gasteiger partial charge in [0.1, 0.15) is 0 Å². The van der Waals surface area contributed by atoms with Gasteiger partial charge >= 0.3 is 5.97 Å². The van der Waals surface area contributed by atoms with Crippen LogP contribution in [0.3, 0.4) is 0 Å². The van der Waals surface area contributed by atoms with Crippen molar-refractivity contribution >= 4 is 30.8 Å². The molecule has 0 spiro atoms. The predicted octanol–water partition coefficient (Wildman–Crippen LogP) is 1.38. The minimum atomic E-state index is -0.617. The Labute approximate surface area is 115 Å². The lowest BCUT2D eigenvalue weighted by atomic mass is 9.94. The summed E-state index contributed by atoms with van der Waals surface area (Å²) in [5.74, 6) is -0.748. The summed E-state index contributed by atoms with van der Waals surface area (Å²) in [7, 11) is 0. The van der Waals surface area contributed by atoms with Crippen molar-refractivity contribution in [3.63, 3.8) is 0 Å². The molecular weight excluding hydrogens is 263 g/mol. The second-order valence-corrected chi connectivity index (χ2v) is 4.65. The van der Waals surface area contributed by atoms with Crippen LogP contribution in [-0.2, 0) is 4.79 Å². The first-order chi connectivity index (χ1) is 7.27. The van der Waals surface area contributed by atoms with E-state index in [4.69, 9.17) is 5.11 Å². The van der Waals surface area contributed by atoms with Gasteiger partial charge < -0.3 is 10.4 Å². The Morgan fingerprint density at radius 1 is 1.18 bits per heavy atom. The number of nitrogens with zero attached hydrogens (tertiary/aromatic N) is 1. The van der Waals surface area contributed by atoms with Gasteiger partial charge in [0, 0.05) is 12.6 Å². The van der Waals surface area contributed by atoms with Crippen molar-refractivity contribution in [2.45, 2.75) is 31.7 Å². The largest absolute Gasteiger partial charge is 0.481 e. The molecule has 2 aliphatic heterocycles. The topological polar surface area (TPSA) is 52.6 Å². The van der Waals surface area contributed by atoms with E-state index in [-0.39, 0.29) is 30.7 Å². The van der Waals surface area contributed by atoms with Crippen molar-refractivity contribution < 1.29 is 9.90 Å². The van der Waals surface area contributed by atoms with E-state index in [0.29, 0.717) is 6.04 Å². The molecule has 4 nitrogen and oxygen atoms in total. The summed E-state index contributed by atoms with van der Waals surface area (Å²) in [6, 6.07) is 0.619. The predicted molar refractivity (Wildman–Crippen MR) is 72.3 cm³/mol. The number of piperidine rings is 2. The van der Waals surface area contributed by atoms with Crippen LogP contribution >= 0.6 is 24.8 Å². The lowest BCUT2D eigenvalue weighted by Crippen LogP contribution is -2.48. The molecule has 2 saturated heterocycles. The minimum absolute atomic E-state index is 0. The summed E-state index contributed by atoms with van der Waals surface area (Å²) >= 11 is 0. The van der Waals surface area contributed by atoms with Crippen LogP contribution in [0.5, 0.6) is 0 Å². The van der Waals surface area contributed by atoms with Gasteiger partial charge in [0.25, 0.3) is 0 Å². The Kier molecular flexibility index (Phi) is 8.12. The summed E-state index contributed by atoms with van der Waals surface area (Å²) in [4.78, 5) is 13.3. The monoisotopic (exact) mass is 284 g/mol. The maximum absolute atomic E-state index is 10.9. The smallest absolute Gasteiger partial charge is 0.307 e. The van der Waals surface area contributed by atoms with E-state index in [1.807, 2.05) is 0 Å². The molecule has 2 rings (SSSR count). The molecule has 0 aromatic heterocycles. The van der Waals surface area contributed by atoms with E-state index in [9.17, 15) is 4.79 Å². The molecule has 6 heteroatoms. The fourth-order valence-electron chi connectivity index (χ4n) is 2.71. The van der Waals surface area contributed by atoms with E-state index in [1.165, 1.54) is 12.8 Å². The molecule has 0 amide bonds. The van der Waals surface area contributed by atoms with E-state index in [2.05, 4.69) is 10.2 Å². The van der Waals surface area contributed by atoms with Gasteiger partial charge in [-0.1, -0.05) is 0 Å².